The number of hydrogen-bond acceptors (Lipinski definition) is 15. The first-order valence-electron chi connectivity index (χ1n) is 21.4. The number of carbonyl (C=O) groups excluding carboxylic acids is 11. The third kappa shape index (κ3) is 26.8. The van der Waals surface area contributed by atoms with Gasteiger partial charge in [-0.2, -0.15) is 0 Å². The molecule has 0 spiro atoms. The van der Waals surface area contributed by atoms with Crippen LogP contribution in [0.4, 0.5) is 0 Å². The predicted octanol–water partition coefficient (Wildman–Crippen LogP) is -9.54. The molecule has 24 N–H and O–H groups in total. The van der Waals surface area contributed by atoms with Crippen molar-refractivity contribution in [3.05, 3.63) is 0 Å². The quantitative estimate of drug-likeness (QED) is 0.0165. The SMILES string of the molecule is CC(C)[C@H](NC(=O)[C@H](CC(N)=O)NC(=O)CNC(=O)[C@H](CCCN=C(N)N)NC(=O)CN)C(=O)N[C@H](C(=O)N[C@@H](CC(N)=O)C(=O)NCC(=O)N[C@@H](CCCN=C(N)N)C(=O)NCC(=O)O)C(C)C. The molecule has 31 heteroatoms. The van der Waals surface area contributed by atoms with Crippen molar-refractivity contribution in [1.82, 2.24) is 47.9 Å². The summed E-state index contributed by atoms with van der Waals surface area (Å²) in [7, 11) is 0. The van der Waals surface area contributed by atoms with Crippen LogP contribution in [0.3, 0.4) is 0 Å². The maximum Gasteiger partial charge on any atom is 0.322 e. The van der Waals surface area contributed by atoms with Crippen LogP contribution in [0.25, 0.3) is 0 Å². The molecule has 0 radical (unpaired) electrons. The first kappa shape index (κ1) is 61.1. The fraction of sp³-hybridized carbons (Fsp3) is 0.632. The minimum atomic E-state index is -1.70. The Morgan fingerprint density at radius 1 is 0.449 bits per heavy atom. The Kier molecular flexibility index (Phi) is 28.3. The first-order valence-corrected chi connectivity index (χ1v) is 21.4. The molecule has 11 amide bonds. The molecule has 0 aromatic heterocycles. The molecule has 6 atom stereocenters. The third-order valence-corrected chi connectivity index (χ3v) is 9.23. The molecular formula is C38H68N18O13. The molecule has 69 heavy (non-hydrogen) atoms. The summed E-state index contributed by atoms with van der Waals surface area (Å²) in [6.45, 7) is 3.49. The monoisotopic (exact) mass is 985 g/mol. The van der Waals surface area contributed by atoms with Crippen LogP contribution in [0.2, 0.25) is 0 Å². The van der Waals surface area contributed by atoms with E-state index in [4.69, 9.17) is 45.2 Å². The molecule has 0 heterocycles. The van der Waals surface area contributed by atoms with E-state index in [1.165, 1.54) is 27.7 Å². The highest BCUT2D eigenvalue weighted by atomic mass is 16.4. The van der Waals surface area contributed by atoms with Crippen LogP contribution in [0.5, 0.6) is 0 Å². The highest BCUT2D eigenvalue weighted by Gasteiger charge is 2.35. The van der Waals surface area contributed by atoms with Crippen molar-refractivity contribution < 1.29 is 62.6 Å². The maximum absolute atomic E-state index is 13.7. The number of nitrogens with one attached hydrogen (secondary N) is 9. The molecule has 0 saturated carbocycles. The van der Waals surface area contributed by atoms with Gasteiger partial charge in [0.05, 0.1) is 32.5 Å². The van der Waals surface area contributed by atoms with Crippen molar-refractivity contribution in [2.24, 2.45) is 62.0 Å². The number of primary amides is 2. The van der Waals surface area contributed by atoms with Crippen LogP contribution in [0.1, 0.15) is 66.2 Å². The number of nitrogens with two attached hydrogens (primary N) is 7. The van der Waals surface area contributed by atoms with E-state index < -0.39 is 158 Å². The van der Waals surface area contributed by atoms with E-state index in [-0.39, 0.29) is 50.7 Å². The summed E-state index contributed by atoms with van der Waals surface area (Å²) in [5, 5.41) is 29.7. The molecule has 0 saturated heterocycles. The number of aliphatic imine (C=N–C) groups is 2. The summed E-state index contributed by atoms with van der Waals surface area (Å²) in [5.74, 6) is -13.7. The Morgan fingerprint density at radius 3 is 1.17 bits per heavy atom. The molecule has 0 aliphatic rings. The van der Waals surface area contributed by atoms with Crippen molar-refractivity contribution in [2.75, 3.05) is 39.3 Å². The maximum atomic E-state index is 13.7. The zero-order valence-corrected chi connectivity index (χ0v) is 38.9. The molecule has 0 unspecified atom stereocenters. The number of amides is 11. The van der Waals surface area contributed by atoms with Crippen molar-refractivity contribution in [3.8, 4) is 0 Å². The number of hydrogen-bond donors (Lipinski definition) is 17. The average Bonchev–Trinajstić information content (AvgIpc) is 3.25. The second kappa shape index (κ2) is 31.9. The van der Waals surface area contributed by atoms with E-state index in [0.717, 1.165) is 0 Å². The molecule has 0 aromatic rings. The fourth-order valence-corrected chi connectivity index (χ4v) is 5.81. The number of aliphatic carboxylic acids is 1. The molecule has 0 bridgehead atoms. The number of carboxylic acid groups (broad SMARTS) is 1. The third-order valence-electron chi connectivity index (χ3n) is 9.23. The average molecular weight is 985 g/mol. The van der Waals surface area contributed by atoms with E-state index in [0.29, 0.717) is 0 Å². The molecule has 0 aromatic carbocycles. The smallest absolute Gasteiger partial charge is 0.322 e. The molecule has 0 fully saturated rings. The number of carboxylic acids is 1. The number of rotatable bonds is 33. The summed E-state index contributed by atoms with van der Waals surface area (Å²) in [5.41, 5.74) is 37.2. The van der Waals surface area contributed by atoms with Crippen molar-refractivity contribution >= 4 is 82.9 Å². The summed E-state index contributed by atoms with van der Waals surface area (Å²) in [4.78, 5) is 160. The van der Waals surface area contributed by atoms with Gasteiger partial charge in [-0.1, -0.05) is 27.7 Å². The molecule has 31 nitrogen and oxygen atoms in total. The molecule has 388 valence electrons. The van der Waals surface area contributed by atoms with Gasteiger partial charge in [0.1, 0.15) is 42.8 Å². The zero-order chi connectivity index (χ0) is 53.0. The molecular weight excluding hydrogens is 917 g/mol. The van der Waals surface area contributed by atoms with E-state index in [1.54, 1.807) is 0 Å². The number of nitrogens with zero attached hydrogens (tertiary/aromatic N) is 2. The Balaban J connectivity index is 5.96. The normalized spacial score (nSPS) is 13.3. The van der Waals surface area contributed by atoms with Crippen molar-refractivity contribution in [1.29, 1.82) is 0 Å². The molecule has 0 rings (SSSR count). The highest BCUT2D eigenvalue weighted by Crippen LogP contribution is 2.09. The first-order chi connectivity index (χ1) is 32.2. The van der Waals surface area contributed by atoms with E-state index in [1.807, 2.05) is 0 Å². The largest absolute Gasteiger partial charge is 0.480 e. The van der Waals surface area contributed by atoms with Crippen LogP contribution in [0.15, 0.2) is 9.98 Å². The van der Waals surface area contributed by atoms with Crippen LogP contribution in [0, 0.1) is 11.8 Å². The topological polar surface area (TPSA) is 540 Å². The fourth-order valence-electron chi connectivity index (χ4n) is 5.81. The standard InChI is InChI=1S/C38H68N18O13/c1-17(2)29(35(68)54-21(11-23(40)57)33(66)49-14-26(60)52-20(8-6-10-47-38(44)45)32(65)50-16-28(62)63)56-36(69)30(18(3)4)55-34(67)22(12-24(41)58)53-27(61)15-48-31(64)19(51-25(59)13-39)7-5-9-46-37(42)43/h17-22,29-30H,5-16,39H2,1-4H3,(H2,40,57)(H2,41,58)(H,48,64)(H,49,66)(H,50,65)(H,51,59)(H,52,60)(H,53,61)(H,54,68)(H,55,67)(H,56,69)(H,62,63)(H4,42,43,46)(H4,44,45,47)/t19-,20-,21-,22-,29-,30-/m0/s1. The second-order valence-corrected chi connectivity index (χ2v) is 15.9. The lowest BCUT2D eigenvalue weighted by Gasteiger charge is -2.29. The van der Waals surface area contributed by atoms with Crippen LogP contribution in [-0.2, 0) is 57.5 Å². The van der Waals surface area contributed by atoms with E-state index >= 15 is 0 Å². The second-order valence-electron chi connectivity index (χ2n) is 15.9. The zero-order valence-electron chi connectivity index (χ0n) is 38.9. The van der Waals surface area contributed by atoms with Crippen molar-refractivity contribution in [2.45, 2.75) is 102 Å². The van der Waals surface area contributed by atoms with Gasteiger partial charge in [0.15, 0.2) is 11.9 Å². The summed E-state index contributed by atoms with van der Waals surface area (Å²) in [6.07, 6.45) is -1.14. The van der Waals surface area contributed by atoms with E-state index in [2.05, 4.69) is 57.8 Å². The number of guanidine groups is 2. The van der Waals surface area contributed by atoms with Gasteiger partial charge in [0, 0.05) is 13.1 Å². The Labute approximate surface area is 396 Å². The Morgan fingerprint density at radius 2 is 0.797 bits per heavy atom. The van der Waals surface area contributed by atoms with Gasteiger partial charge in [0.2, 0.25) is 65.0 Å². The minimum Gasteiger partial charge on any atom is -0.480 e. The van der Waals surface area contributed by atoms with Gasteiger partial charge < -0.3 is 93.1 Å². The van der Waals surface area contributed by atoms with Crippen LogP contribution in [-0.4, -0.2) is 163 Å². The molecule has 0 aliphatic heterocycles. The predicted molar refractivity (Wildman–Crippen MR) is 244 cm³/mol. The van der Waals surface area contributed by atoms with Gasteiger partial charge in [0.25, 0.3) is 0 Å². The summed E-state index contributed by atoms with van der Waals surface area (Å²) in [6, 6.07) is -8.70. The summed E-state index contributed by atoms with van der Waals surface area (Å²) < 4.78 is 0. The van der Waals surface area contributed by atoms with Gasteiger partial charge in [-0.05, 0) is 37.5 Å². The van der Waals surface area contributed by atoms with Gasteiger partial charge in [-0.3, -0.25) is 67.5 Å². The van der Waals surface area contributed by atoms with Gasteiger partial charge >= 0.3 is 5.97 Å². The van der Waals surface area contributed by atoms with Gasteiger partial charge in [-0.15, -0.1) is 0 Å². The lowest BCUT2D eigenvalue weighted by molar-refractivity contribution is -0.138. The van der Waals surface area contributed by atoms with Gasteiger partial charge in [-0.25, -0.2) is 0 Å². The molecule has 0 aliphatic carbocycles. The van der Waals surface area contributed by atoms with Crippen LogP contribution >= 0.6 is 0 Å². The van der Waals surface area contributed by atoms with Crippen molar-refractivity contribution in [3.63, 3.8) is 0 Å². The summed E-state index contributed by atoms with van der Waals surface area (Å²) >= 11 is 0. The Bertz CT molecular complexity index is 1900. The highest BCUT2D eigenvalue weighted by molar-refractivity contribution is 5.99. The lowest BCUT2D eigenvalue weighted by atomic mass is 9.98. The van der Waals surface area contributed by atoms with Crippen LogP contribution < -0.4 is 88.0 Å². The minimum absolute atomic E-state index is 0.0419. The number of carbonyl (C=O) groups is 12. The Hall–Kier alpha value is -7.86. The van der Waals surface area contributed by atoms with E-state index in [9.17, 15) is 57.5 Å². The lowest BCUT2D eigenvalue weighted by Crippen LogP contribution is -2.61.